The second-order valence-corrected chi connectivity index (χ2v) is 6.22. The minimum absolute atomic E-state index is 0.0184. The maximum Gasteiger partial charge on any atom is 0.261 e. The van der Waals surface area contributed by atoms with E-state index in [1.165, 1.54) is 11.3 Å². The van der Waals surface area contributed by atoms with Gasteiger partial charge in [-0.1, -0.05) is 6.07 Å². The van der Waals surface area contributed by atoms with Crippen molar-refractivity contribution in [3.63, 3.8) is 0 Å². The summed E-state index contributed by atoms with van der Waals surface area (Å²) in [6, 6.07) is 3.61. The highest BCUT2D eigenvalue weighted by molar-refractivity contribution is 7.12. The van der Waals surface area contributed by atoms with Gasteiger partial charge in [-0.15, -0.1) is 11.3 Å². The maximum atomic E-state index is 11.6. The van der Waals surface area contributed by atoms with Gasteiger partial charge >= 0.3 is 0 Å². The molecule has 1 heterocycles. The van der Waals surface area contributed by atoms with Gasteiger partial charge in [-0.05, 0) is 30.7 Å². The molecular weight excluding hydrogens is 276 g/mol. The third-order valence-corrected chi connectivity index (χ3v) is 4.43. The van der Waals surface area contributed by atoms with Gasteiger partial charge in [0.1, 0.15) is 0 Å². The standard InChI is InChI=1S/C14H20N2O3S/c17-10-14(5-6-14)9-16-12(18)4-1-7-15-13(19)11-3-2-8-20-11/h2-3,8,17H,1,4-7,9-10H2,(H,15,19)(H,16,18). The number of hydrogen-bond donors (Lipinski definition) is 3. The van der Waals surface area contributed by atoms with Crippen LogP contribution in [0.5, 0.6) is 0 Å². The monoisotopic (exact) mass is 296 g/mol. The molecule has 0 aromatic carbocycles. The highest BCUT2D eigenvalue weighted by atomic mass is 32.1. The molecule has 0 unspecified atom stereocenters. The summed E-state index contributed by atoms with van der Waals surface area (Å²) >= 11 is 1.40. The van der Waals surface area contributed by atoms with Crippen LogP contribution in [0.15, 0.2) is 17.5 Å². The van der Waals surface area contributed by atoms with Gasteiger partial charge in [-0.3, -0.25) is 9.59 Å². The minimum Gasteiger partial charge on any atom is -0.396 e. The van der Waals surface area contributed by atoms with Crippen molar-refractivity contribution in [3.8, 4) is 0 Å². The summed E-state index contributed by atoms with van der Waals surface area (Å²) in [5, 5.41) is 16.6. The van der Waals surface area contributed by atoms with Crippen molar-refractivity contribution in [2.45, 2.75) is 25.7 Å². The summed E-state index contributed by atoms with van der Waals surface area (Å²) < 4.78 is 0. The molecule has 110 valence electrons. The van der Waals surface area contributed by atoms with Crippen LogP contribution in [0.4, 0.5) is 0 Å². The Balaban J connectivity index is 1.54. The predicted molar refractivity (Wildman–Crippen MR) is 77.6 cm³/mol. The van der Waals surface area contributed by atoms with Gasteiger partial charge in [-0.25, -0.2) is 0 Å². The fraction of sp³-hybridized carbons (Fsp3) is 0.571. The Labute approximate surface area is 122 Å². The highest BCUT2D eigenvalue weighted by Crippen LogP contribution is 2.44. The molecule has 3 N–H and O–H groups in total. The maximum absolute atomic E-state index is 11.6. The SMILES string of the molecule is O=C(CCCNC(=O)c1cccs1)NCC1(CO)CC1. The third kappa shape index (κ3) is 4.31. The van der Waals surface area contributed by atoms with Crippen LogP contribution in [-0.2, 0) is 4.79 Å². The molecule has 0 aliphatic heterocycles. The van der Waals surface area contributed by atoms with Crippen molar-refractivity contribution >= 4 is 23.2 Å². The molecule has 0 radical (unpaired) electrons. The van der Waals surface area contributed by atoms with E-state index in [1.54, 1.807) is 6.07 Å². The molecule has 0 atom stereocenters. The molecule has 0 spiro atoms. The van der Waals surface area contributed by atoms with Gasteiger partial charge in [0, 0.05) is 24.9 Å². The molecule has 5 nitrogen and oxygen atoms in total. The Morgan fingerprint density at radius 2 is 2.15 bits per heavy atom. The highest BCUT2D eigenvalue weighted by Gasteiger charge is 2.41. The molecule has 20 heavy (non-hydrogen) atoms. The summed E-state index contributed by atoms with van der Waals surface area (Å²) in [4.78, 5) is 23.9. The van der Waals surface area contributed by atoms with E-state index in [4.69, 9.17) is 5.11 Å². The summed E-state index contributed by atoms with van der Waals surface area (Å²) in [5.41, 5.74) is -0.0525. The van der Waals surface area contributed by atoms with Gasteiger partial charge in [0.15, 0.2) is 0 Å². The number of rotatable bonds is 8. The van der Waals surface area contributed by atoms with E-state index in [0.717, 1.165) is 12.8 Å². The summed E-state index contributed by atoms with van der Waals surface area (Å²) in [5.74, 6) is -0.104. The van der Waals surface area contributed by atoms with Crippen LogP contribution < -0.4 is 10.6 Å². The molecule has 2 amide bonds. The minimum atomic E-state index is -0.0855. The number of nitrogens with one attached hydrogen (secondary N) is 2. The zero-order valence-electron chi connectivity index (χ0n) is 11.4. The van der Waals surface area contributed by atoms with E-state index in [-0.39, 0.29) is 23.8 Å². The first-order chi connectivity index (χ1) is 9.65. The average Bonchev–Trinajstić information content (AvgIpc) is 3.03. The molecule has 1 aromatic rings. The van der Waals surface area contributed by atoms with Crippen LogP contribution in [0.3, 0.4) is 0 Å². The van der Waals surface area contributed by atoms with Crippen molar-refractivity contribution in [2.75, 3.05) is 19.7 Å². The van der Waals surface area contributed by atoms with E-state index in [0.29, 0.717) is 30.8 Å². The Bertz CT molecular complexity index is 455. The molecule has 2 rings (SSSR count). The lowest BCUT2D eigenvalue weighted by atomic mass is 10.1. The van der Waals surface area contributed by atoms with Crippen LogP contribution in [0.1, 0.15) is 35.4 Å². The smallest absolute Gasteiger partial charge is 0.261 e. The quantitative estimate of drug-likeness (QED) is 0.630. The first-order valence-corrected chi connectivity index (χ1v) is 7.72. The van der Waals surface area contributed by atoms with Crippen LogP contribution in [0.2, 0.25) is 0 Å². The van der Waals surface area contributed by atoms with E-state index < -0.39 is 0 Å². The topological polar surface area (TPSA) is 78.4 Å². The fourth-order valence-electron chi connectivity index (χ4n) is 1.89. The van der Waals surface area contributed by atoms with E-state index in [2.05, 4.69) is 10.6 Å². The molecule has 0 saturated heterocycles. The zero-order valence-corrected chi connectivity index (χ0v) is 12.2. The first-order valence-electron chi connectivity index (χ1n) is 6.84. The lowest BCUT2D eigenvalue weighted by Gasteiger charge is -2.12. The normalized spacial score (nSPS) is 15.7. The van der Waals surface area contributed by atoms with Crippen molar-refractivity contribution < 1.29 is 14.7 Å². The summed E-state index contributed by atoms with van der Waals surface area (Å²) in [6.07, 6.45) is 2.99. The summed E-state index contributed by atoms with van der Waals surface area (Å²) in [6.45, 7) is 1.20. The third-order valence-electron chi connectivity index (χ3n) is 3.56. The van der Waals surface area contributed by atoms with Crippen molar-refractivity contribution in [1.82, 2.24) is 10.6 Å². The predicted octanol–water partition coefficient (Wildman–Crippen LogP) is 1.15. The molecule has 1 saturated carbocycles. The van der Waals surface area contributed by atoms with Gasteiger partial charge in [0.25, 0.3) is 5.91 Å². The second kappa shape index (κ2) is 6.85. The zero-order chi connectivity index (χ0) is 14.4. The van der Waals surface area contributed by atoms with Crippen LogP contribution in [0.25, 0.3) is 0 Å². The first kappa shape index (κ1) is 15.0. The number of amides is 2. The fourth-order valence-corrected chi connectivity index (χ4v) is 2.53. The van der Waals surface area contributed by atoms with Crippen molar-refractivity contribution in [1.29, 1.82) is 0 Å². The second-order valence-electron chi connectivity index (χ2n) is 5.27. The lowest BCUT2D eigenvalue weighted by Crippen LogP contribution is -2.32. The Hall–Kier alpha value is -1.40. The number of aliphatic hydroxyl groups is 1. The van der Waals surface area contributed by atoms with Gasteiger partial charge in [-0.2, -0.15) is 0 Å². The van der Waals surface area contributed by atoms with E-state index in [1.807, 2.05) is 11.4 Å². The van der Waals surface area contributed by atoms with Gasteiger partial charge in [0.05, 0.1) is 11.5 Å². The Morgan fingerprint density at radius 3 is 2.75 bits per heavy atom. The Morgan fingerprint density at radius 1 is 1.35 bits per heavy atom. The number of aliphatic hydroxyl groups excluding tert-OH is 1. The van der Waals surface area contributed by atoms with Crippen LogP contribution >= 0.6 is 11.3 Å². The number of hydrogen-bond acceptors (Lipinski definition) is 4. The molecule has 0 bridgehead atoms. The lowest BCUT2D eigenvalue weighted by molar-refractivity contribution is -0.121. The van der Waals surface area contributed by atoms with Gasteiger partial charge in [0.2, 0.25) is 5.91 Å². The molecular formula is C14H20N2O3S. The van der Waals surface area contributed by atoms with E-state index in [9.17, 15) is 9.59 Å². The van der Waals surface area contributed by atoms with Crippen molar-refractivity contribution in [2.24, 2.45) is 5.41 Å². The number of carbonyl (C=O) groups is 2. The number of carbonyl (C=O) groups excluding carboxylic acids is 2. The summed E-state index contributed by atoms with van der Waals surface area (Å²) in [7, 11) is 0. The van der Waals surface area contributed by atoms with Crippen LogP contribution in [0, 0.1) is 5.41 Å². The van der Waals surface area contributed by atoms with Crippen molar-refractivity contribution in [3.05, 3.63) is 22.4 Å². The van der Waals surface area contributed by atoms with Gasteiger partial charge < -0.3 is 15.7 Å². The molecule has 6 heteroatoms. The van der Waals surface area contributed by atoms with Crippen LogP contribution in [-0.4, -0.2) is 36.6 Å². The molecule has 1 aliphatic rings. The molecule has 1 aromatic heterocycles. The molecule has 1 aliphatic carbocycles. The molecule has 1 fully saturated rings. The number of thiophene rings is 1. The van der Waals surface area contributed by atoms with E-state index >= 15 is 0 Å². The Kier molecular flexibility index (Phi) is 5.14. The largest absolute Gasteiger partial charge is 0.396 e. The average molecular weight is 296 g/mol.